The molecule has 37 heavy (non-hydrogen) atoms. The molecule has 1 amide bonds. The van der Waals surface area contributed by atoms with Crippen LogP contribution in [0.5, 0.6) is 0 Å². The Bertz CT molecular complexity index is 1390. The molecule has 3 aromatic rings. The quantitative estimate of drug-likeness (QED) is 0.510. The van der Waals surface area contributed by atoms with Crippen molar-refractivity contribution >= 4 is 22.5 Å². The number of carbonyl (C=O) groups excluding carboxylic acids is 1. The average molecular weight is 496 g/mol. The molecule has 4 heterocycles. The Kier molecular flexibility index (Phi) is 6.45. The number of likely N-dealkylation sites (tertiary alicyclic amines) is 1. The van der Waals surface area contributed by atoms with E-state index >= 15 is 0 Å². The third-order valence-corrected chi connectivity index (χ3v) is 8.64. The van der Waals surface area contributed by atoms with Gasteiger partial charge in [0.05, 0.1) is 24.0 Å². The normalized spacial score (nSPS) is 20.5. The van der Waals surface area contributed by atoms with E-state index in [1.165, 1.54) is 34.3 Å². The fraction of sp³-hybridized carbons (Fsp3) is 0.452. The summed E-state index contributed by atoms with van der Waals surface area (Å²) in [7, 11) is 1.97. The largest absolute Gasteiger partial charge is 0.338 e. The fourth-order valence-corrected chi connectivity index (χ4v) is 6.44. The van der Waals surface area contributed by atoms with Crippen LogP contribution in [0, 0.1) is 19.8 Å². The summed E-state index contributed by atoms with van der Waals surface area (Å²) < 4.78 is 1.90. The molecule has 1 atom stereocenters. The van der Waals surface area contributed by atoms with Gasteiger partial charge in [-0.25, -0.2) is 0 Å². The standard InChI is InChI=1S/C31H37N5O/c1-21-6-4-7-22(2)27(21)19-35-12-5-8-23(18-35)14-30(37)36-13-11-25-16-32-31(28(25)20-36)24-9-10-29-26(15-24)17-33-34(29)3/h4,6-7,9-10,15,17,23H,5,8,11-14,16,18-20H2,1-3H3/t23-/m0/s1. The molecule has 1 saturated heterocycles. The maximum absolute atomic E-state index is 13.5. The Hall–Kier alpha value is -3.25. The second-order valence-electron chi connectivity index (χ2n) is 11.2. The molecule has 1 aromatic heterocycles. The van der Waals surface area contributed by atoms with Crippen LogP contribution in [0.2, 0.25) is 0 Å². The van der Waals surface area contributed by atoms with Gasteiger partial charge in [0.2, 0.25) is 5.91 Å². The molecule has 1 fully saturated rings. The summed E-state index contributed by atoms with van der Waals surface area (Å²) in [6.07, 6.45) is 5.82. The highest BCUT2D eigenvalue weighted by Crippen LogP contribution is 2.30. The predicted octanol–water partition coefficient (Wildman–Crippen LogP) is 4.82. The van der Waals surface area contributed by atoms with Crippen LogP contribution in [-0.4, -0.2) is 63.9 Å². The summed E-state index contributed by atoms with van der Waals surface area (Å²) in [5.74, 6) is 0.741. The van der Waals surface area contributed by atoms with Crippen molar-refractivity contribution in [3.05, 3.63) is 76.0 Å². The molecular formula is C31H37N5O. The molecule has 3 aliphatic heterocycles. The van der Waals surface area contributed by atoms with E-state index in [-0.39, 0.29) is 0 Å². The number of benzene rings is 2. The first kappa shape index (κ1) is 24.1. The van der Waals surface area contributed by atoms with Crippen molar-refractivity contribution in [2.75, 3.05) is 32.7 Å². The van der Waals surface area contributed by atoms with Crippen LogP contribution in [0.3, 0.4) is 0 Å². The minimum Gasteiger partial charge on any atom is -0.338 e. The van der Waals surface area contributed by atoms with Crippen LogP contribution < -0.4 is 0 Å². The van der Waals surface area contributed by atoms with Gasteiger partial charge in [-0.1, -0.05) is 24.3 Å². The average Bonchev–Trinajstić information content (AvgIpc) is 3.49. The lowest BCUT2D eigenvalue weighted by Gasteiger charge is -2.35. The molecule has 0 aliphatic carbocycles. The molecule has 6 rings (SSSR count). The van der Waals surface area contributed by atoms with E-state index in [0.717, 1.165) is 67.7 Å². The number of hydrogen-bond acceptors (Lipinski definition) is 4. The second-order valence-corrected chi connectivity index (χ2v) is 11.2. The lowest BCUT2D eigenvalue weighted by Crippen LogP contribution is -2.41. The van der Waals surface area contributed by atoms with Crippen molar-refractivity contribution < 1.29 is 4.79 Å². The van der Waals surface area contributed by atoms with E-state index in [0.29, 0.717) is 24.8 Å². The smallest absolute Gasteiger partial charge is 0.223 e. The maximum Gasteiger partial charge on any atom is 0.223 e. The number of aryl methyl sites for hydroxylation is 3. The SMILES string of the molecule is Cc1cccc(C)c1CN1CCC[C@@H](CC(=O)N2CCC3=C(C2)C(c2ccc4c(cnn4C)c2)=NC3)C1. The molecule has 192 valence electrons. The summed E-state index contributed by atoms with van der Waals surface area (Å²) in [6.45, 7) is 9.83. The van der Waals surface area contributed by atoms with Gasteiger partial charge in [-0.3, -0.25) is 19.4 Å². The van der Waals surface area contributed by atoms with Crippen LogP contribution in [0.25, 0.3) is 10.9 Å². The number of aliphatic imine (C=N–C) groups is 1. The van der Waals surface area contributed by atoms with Crippen molar-refractivity contribution in [3.8, 4) is 0 Å². The van der Waals surface area contributed by atoms with Crippen LogP contribution in [-0.2, 0) is 18.4 Å². The number of piperidine rings is 1. The second kappa shape index (κ2) is 9.90. The van der Waals surface area contributed by atoms with Crippen molar-refractivity contribution in [2.24, 2.45) is 18.0 Å². The topological polar surface area (TPSA) is 53.7 Å². The highest BCUT2D eigenvalue weighted by Gasteiger charge is 2.31. The van der Waals surface area contributed by atoms with E-state index in [4.69, 9.17) is 4.99 Å². The summed E-state index contributed by atoms with van der Waals surface area (Å²) in [5, 5.41) is 5.51. The van der Waals surface area contributed by atoms with Gasteiger partial charge in [0.15, 0.2) is 0 Å². The lowest BCUT2D eigenvalue weighted by atomic mass is 9.91. The molecule has 0 bridgehead atoms. The van der Waals surface area contributed by atoms with Gasteiger partial charge in [-0.2, -0.15) is 5.10 Å². The molecule has 2 aromatic carbocycles. The third-order valence-electron chi connectivity index (χ3n) is 8.64. The first-order valence-electron chi connectivity index (χ1n) is 13.7. The Labute approximate surface area is 219 Å². The van der Waals surface area contributed by atoms with Gasteiger partial charge in [0.1, 0.15) is 0 Å². The van der Waals surface area contributed by atoms with Crippen LogP contribution >= 0.6 is 0 Å². The summed E-state index contributed by atoms with van der Waals surface area (Å²) in [4.78, 5) is 23.0. The lowest BCUT2D eigenvalue weighted by molar-refractivity contribution is -0.132. The monoisotopic (exact) mass is 495 g/mol. The molecule has 0 N–H and O–H groups in total. The van der Waals surface area contributed by atoms with E-state index in [2.05, 4.69) is 65.1 Å². The summed E-state index contributed by atoms with van der Waals surface area (Å²) >= 11 is 0. The molecule has 0 radical (unpaired) electrons. The van der Waals surface area contributed by atoms with Crippen LogP contribution in [0.1, 0.15) is 47.9 Å². The van der Waals surface area contributed by atoms with Gasteiger partial charge in [-0.15, -0.1) is 0 Å². The minimum atomic E-state index is 0.305. The highest BCUT2D eigenvalue weighted by atomic mass is 16.2. The number of aromatic nitrogens is 2. The van der Waals surface area contributed by atoms with E-state index in [1.807, 2.05) is 17.9 Å². The number of fused-ring (bicyclic) bond motifs is 1. The van der Waals surface area contributed by atoms with Crippen LogP contribution in [0.15, 0.2) is 58.7 Å². The van der Waals surface area contributed by atoms with Gasteiger partial charge in [0, 0.05) is 50.6 Å². The molecule has 3 aliphatic rings. The first-order valence-corrected chi connectivity index (χ1v) is 13.7. The molecule has 0 saturated carbocycles. The molecule has 6 nitrogen and oxygen atoms in total. The summed E-state index contributed by atoms with van der Waals surface area (Å²) in [5.41, 5.74) is 10.2. The Morgan fingerprint density at radius 3 is 2.78 bits per heavy atom. The number of rotatable bonds is 5. The van der Waals surface area contributed by atoms with Crippen molar-refractivity contribution in [2.45, 2.75) is 46.1 Å². The van der Waals surface area contributed by atoms with Gasteiger partial charge >= 0.3 is 0 Å². The van der Waals surface area contributed by atoms with Gasteiger partial charge < -0.3 is 4.90 Å². The molecular weight excluding hydrogens is 458 g/mol. The van der Waals surface area contributed by atoms with E-state index < -0.39 is 0 Å². The zero-order valence-corrected chi connectivity index (χ0v) is 22.3. The summed E-state index contributed by atoms with van der Waals surface area (Å²) in [6, 6.07) is 13.0. The highest BCUT2D eigenvalue weighted by molar-refractivity contribution is 6.16. The first-order chi connectivity index (χ1) is 18.0. The van der Waals surface area contributed by atoms with Crippen molar-refractivity contribution in [3.63, 3.8) is 0 Å². The molecule has 0 unspecified atom stereocenters. The fourth-order valence-electron chi connectivity index (χ4n) is 6.44. The Morgan fingerprint density at radius 2 is 1.95 bits per heavy atom. The zero-order chi connectivity index (χ0) is 25.5. The minimum absolute atomic E-state index is 0.305. The van der Waals surface area contributed by atoms with Gasteiger partial charge in [-0.05, 0) is 85.5 Å². The van der Waals surface area contributed by atoms with Gasteiger partial charge in [0.25, 0.3) is 0 Å². The number of amides is 1. The predicted molar refractivity (Wildman–Crippen MR) is 149 cm³/mol. The van der Waals surface area contributed by atoms with E-state index in [1.54, 1.807) is 0 Å². The molecule has 0 spiro atoms. The van der Waals surface area contributed by atoms with Crippen molar-refractivity contribution in [1.82, 2.24) is 19.6 Å². The Balaban J connectivity index is 1.10. The maximum atomic E-state index is 13.5. The van der Waals surface area contributed by atoms with Crippen LogP contribution in [0.4, 0.5) is 0 Å². The number of hydrogen-bond donors (Lipinski definition) is 0. The van der Waals surface area contributed by atoms with Crippen molar-refractivity contribution in [1.29, 1.82) is 0 Å². The number of carbonyl (C=O) groups is 1. The Morgan fingerprint density at radius 1 is 1.11 bits per heavy atom. The third kappa shape index (κ3) is 4.75. The van der Waals surface area contributed by atoms with E-state index in [9.17, 15) is 4.79 Å². The number of nitrogens with zero attached hydrogens (tertiary/aromatic N) is 5. The zero-order valence-electron chi connectivity index (χ0n) is 22.3. The molecule has 6 heteroatoms.